The Morgan fingerprint density at radius 2 is 2.06 bits per heavy atom. The molecule has 0 saturated heterocycles. The molecule has 0 heterocycles. The van der Waals surface area contributed by atoms with Gasteiger partial charge in [-0.15, -0.1) is 0 Å². The minimum absolute atomic E-state index is 0.123. The second kappa shape index (κ2) is 4.86. The molecule has 0 amide bonds. The Labute approximate surface area is 97.4 Å². The fourth-order valence-corrected chi connectivity index (χ4v) is 3.00. The van der Waals surface area contributed by atoms with E-state index in [4.69, 9.17) is 14.6 Å². The number of aliphatic hydroxyl groups excluding tert-OH is 1. The molecule has 2 aliphatic carbocycles. The summed E-state index contributed by atoms with van der Waals surface area (Å²) >= 11 is 0. The molecule has 0 bridgehead atoms. The van der Waals surface area contributed by atoms with Crippen molar-refractivity contribution < 1.29 is 14.6 Å². The number of rotatable bonds is 4. The van der Waals surface area contributed by atoms with Gasteiger partial charge >= 0.3 is 0 Å². The minimum atomic E-state index is 0.123. The van der Waals surface area contributed by atoms with Crippen LogP contribution in [-0.2, 0) is 9.47 Å². The van der Waals surface area contributed by atoms with Crippen LogP contribution < -0.4 is 0 Å². The number of aliphatic hydroxyl groups is 1. The zero-order valence-corrected chi connectivity index (χ0v) is 10.2. The van der Waals surface area contributed by atoms with E-state index < -0.39 is 0 Å². The predicted molar refractivity (Wildman–Crippen MR) is 62.3 cm³/mol. The van der Waals surface area contributed by atoms with Crippen LogP contribution in [0.15, 0.2) is 11.6 Å². The summed E-state index contributed by atoms with van der Waals surface area (Å²) in [6.45, 7) is 2.93. The monoisotopic (exact) mass is 226 g/mol. The summed E-state index contributed by atoms with van der Waals surface area (Å²) in [4.78, 5) is 0. The van der Waals surface area contributed by atoms with Gasteiger partial charge in [0.05, 0.1) is 18.8 Å². The smallest absolute Gasteiger partial charge is 0.0693 e. The maximum Gasteiger partial charge on any atom is 0.0693 e. The van der Waals surface area contributed by atoms with Gasteiger partial charge < -0.3 is 14.6 Å². The zero-order valence-electron chi connectivity index (χ0n) is 10.2. The highest BCUT2D eigenvalue weighted by Gasteiger charge is 2.58. The largest absolute Gasteiger partial charge is 0.392 e. The molecular weight excluding hydrogens is 204 g/mol. The van der Waals surface area contributed by atoms with Gasteiger partial charge in [0.1, 0.15) is 0 Å². The molecule has 0 aliphatic heterocycles. The summed E-state index contributed by atoms with van der Waals surface area (Å²) in [5.41, 5.74) is 1.56. The number of methoxy groups -OCH3 is 1. The third-order valence-corrected chi connectivity index (χ3v) is 4.04. The predicted octanol–water partition coefficient (Wildman–Crippen LogP) is 1.90. The van der Waals surface area contributed by atoms with E-state index in [1.54, 1.807) is 7.11 Å². The first-order valence-corrected chi connectivity index (χ1v) is 6.20. The van der Waals surface area contributed by atoms with E-state index in [1.807, 2.05) is 13.0 Å². The summed E-state index contributed by atoms with van der Waals surface area (Å²) in [6, 6.07) is 0. The third kappa shape index (κ3) is 2.04. The molecule has 1 spiro atoms. The normalized spacial score (nSPS) is 34.6. The molecule has 0 aromatic rings. The van der Waals surface area contributed by atoms with E-state index in [0.29, 0.717) is 0 Å². The Morgan fingerprint density at radius 1 is 1.38 bits per heavy atom. The Kier molecular flexibility index (Phi) is 3.67. The number of hydrogen-bond acceptors (Lipinski definition) is 3. The Bertz CT molecular complexity index is 268. The fraction of sp³-hybridized carbons (Fsp3) is 0.846. The third-order valence-electron chi connectivity index (χ3n) is 4.04. The van der Waals surface area contributed by atoms with Crippen LogP contribution in [0.5, 0.6) is 0 Å². The van der Waals surface area contributed by atoms with Crippen molar-refractivity contribution >= 4 is 0 Å². The zero-order chi connectivity index (χ0) is 11.6. The van der Waals surface area contributed by atoms with E-state index >= 15 is 0 Å². The molecule has 2 atom stereocenters. The van der Waals surface area contributed by atoms with Gasteiger partial charge in [-0.25, -0.2) is 0 Å². The number of hydrogen-bond donors (Lipinski definition) is 1. The SMILES string of the molecule is CCOC1CC(=CCO)CC(OC)C12CC2. The average Bonchev–Trinajstić information content (AvgIpc) is 3.05. The topological polar surface area (TPSA) is 38.7 Å². The van der Waals surface area contributed by atoms with Crippen molar-refractivity contribution in [2.75, 3.05) is 20.3 Å². The highest BCUT2D eigenvalue weighted by molar-refractivity contribution is 5.19. The lowest BCUT2D eigenvalue weighted by atomic mass is 9.78. The molecule has 92 valence electrons. The molecule has 2 saturated carbocycles. The summed E-state index contributed by atoms with van der Waals surface area (Å²) < 4.78 is 11.5. The van der Waals surface area contributed by atoms with Crippen LogP contribution >= 0.6 is 0 Å². The van der Waals surface area contributed by atoms with E-state index in [1.165, 1.54) is 18.4 Å². The van der Waals surface area contributed by atoms with Crippen LogP contribution in [0.25, 0.3) is 0 Å². The first-order valence-electron chi connectivity index (χ1n) is 6.20. The first-order chi connectivity index (χ1) is 7.76. The van der Waals surface area contributed by atoms with Crippen LogP contribution in [0.3, 0.4) is 0 Å². The van der Waals surface area contributed by atoms with Crippen molar-refractivity contribution in [3.63, 3.8) is 0 Å². The first kappa shape index (κ1) is 12.1. The van der Waals surface area contributed by atoms with Crippen LogP contribution in [-0.4, -0.2) is 37.6 Å². The lowest BCUT2D eigenvalue weighted by Gasteiger charge is -2.39. The van der Waals surface area contributed by atoms with Crippen molar-refractivity contribution in [1.82, 2.24) is 0 Å². The summed E-state index contributed by atoms with van der Waals surface area (Å²) in [7, 11) is 1.79. The lowest BCUT2D eigenvalue weighted by molar-refractivity contribution is -0.0765. The van der Waals surface area contributed by atoms with Gasteiger partial charge in [0.2, 0.25) is 0 Å². The van der Waals surface area contributed by atoms with Gasteiger partial charge in [0.25, 0.3) is 0 Å². The molecule has 0 aromatic carbocycles. The van der Waals surface area contributed by atoms with Crippen LogP contribution in [0.4, 0.5) is 0 Å². The second-order valence-electron chi connectivity index (χ2n) is 4.85. The van der Waals surface area contributed by atoms with E-state index in [0.717, 1.165) is 19.4 Å². The lowest BCUT2D eigenvalue weighted by Crippen LogP contribution is -2.41. The van der Waals surface area contributed by atoms with E-state index in [-0.39, 0.29) is 24.2 Å². The molecule has 0 aromatic heterocycles. The average molecular weight is 226 g/mol. The molecule has 1 N–H and O–H groups in total. The maximum atomic E-state index is 8.98. The molecule has 3 nitrogen and oxygen atoms in total. The van der Waals surface area contributed by atoms with Crippen LogP contribution in [0.2, 0.25) is 0 Å². The van der Waals surface area contributed by atoms with Gasteiger partial charge in [0, 0.05) is 19.1 Å². The van der Waals surface area contributed by atoms with Gasteiger partial charge in [-0.05, 0) is 32.6 Å². The van der Waals surface area contributed by atoms with Crippen molar-refractivity contribution in [1.29, 1.82) is 0 Å². The van der Waals surface area contributed by atoms with E-state index in [9.17, 15) is 0 Å². The quantitative estimate of drug-likeness (QED) is 0.744. The van der Waals surface area contributed by atoms with E-state index in [2.05, 4.69) is 0 Å². The standard InChI is InChI=1S/C13H22O3/c1-3-16-12-9-10(4-7-14)8-11(15-2)13(12)5-6-13/h4,11-12,14H,3,5-9H2,1-2H3. The van der Waals surface area contributed by atoms with Crippen molar-refractivity contribution in [3.8, 4) is 0 Å². The Balaban J connectivity index is 2.12. The van der Waals surface area contributed by atoms with Crippen molar-refractivity contribution in [3.05, 3.63) is 11.6 Å². The van der Waals surface area contributed by atoms with Crippen molar-refractivity contribution in [2.45, 2.75) is 44.8 Å². The molecule has 2 unspecified atom stereocenters. The number of ether oxygens (including phenoxy) is 2. The van der Waals surface area contributed by atoms with Crippen LogP contribution in [0, 0.1) is 5.41 Å². The highest BCUT2D eigenvalue weighted by Crippen LogP contribution is 2.59. The highest BCUT2D eigenvalue weighted by atomic mass is 16.5. The maximum absolute atomic E-state index is 8.98. The van der Waals surface area contributed by atoms with Crippen LogP contribution in [0.1, 0.15) is 32.6 Å². The molecule has 16 heavy (non-hydrogen) atoms. The minimum Gasteiger partial charge on any atom is -0.392 e. The second-order valence-corrected chi connectivity index (χ2v) is 4.85. The van der Waals surface area contributed by atoms with Gasteiger partial charge in [-0.1, -0.05) is 11.6 Å². The molecule has 2 fully saturated rings. The van der Waals surface area contributed by atoms with Gasteiger partial charge in [-0.2, -0.15) is 0 Å². The Hall–Kier alpha value is -0.380. The fourth-order valence-electron chi connectivity index (χ4n) is 3.00. The Morgan fingerprint density at radius 3 is 2.56 bits per heavy atom. The summed E-state index contributed by atoms with van der Waals surface area (Å²) in [6.07, 6.45) is 6.84. The van der Waals surface area contributed by atoms with Gasteiger partial charge in [0.15, 0.2) is 0 Å². The summed E-state index contributed by atoms with van der Waals surface area (Å²) in [5, 5.41) is 8.98. The van der Waals surface area contributed by atoms with Crippen molar-refractivity contribution in [2.24, 2.45) is 5.41 Å². The summed E-state index contributed by atoms with van der Waals surface area (Å²) in [5.74, 6) is 0. The molecule has 2 rings (SSSR count). The van der Waals surface area contributed by atoms with Gasteiger partial charge in [-0.3, -0.25) is 0 Å². The molecule has 3 heteroatoms. The molecule has 0 radical (unpaired) electrons. The molecular formula is C13H22O3. The molecule has 2 aliphatic rings.